The maximum absolute atomic E-state index is 12.5. The Morgan fingerprint density at radius 2 is 2.05 bits per heavy atom. The number of benzene rings is 1. The van der Waals surface area contributed by atoms with Crippen LogP contribution in [-0.2, 0) is 10.3 Å². The number of carbonyl (C=O) groups is 1. The van der Waals surface area contributed by atoms with E-state index in [9.17, 15) is 23.1 Å². The maximum Gasteiger partial charge on any atom is 0.573 e. The lowest BCUT2D eigenvalue weighted by Crippen LogP contribution is -2.54. The topological polar surface area (TPSA) is 49.8 Å². The van der Waals surface area contributed by atoms with Crippen LogP contribution in [0.25, 0.3) is 0 Å². The zero-order valence-electron chi connectivity index (χ0n) is 12.4. The first-order chi connectivity index (χ1) is 10.2. The number of hydrogen-bond acceptors (Lipinski definition) is 4. The van der Waals surface area contributed by atoms with E-state index >= 15 is 0 Å². The molecule has 1 aromatic carbocycles. The van der Waals surface area contributed by atoms with Crippen molar-refractivity contribution >= 4 is 5.78 Å². The van der Waals surface area contributed by atoms with Crippen molar-refractivity contribution in [2.45, 2.75) is 37.3 Å². The minimum absolute atomic E-state index is 0.368. The second kappa shape index (κ2) is 5.89. The highest BCUT2D eigenvalue weighted by Gasteiger charge is 2.47. The van der Waals surface area contributed by atoms with Crippen LogP contribution in [-0.4, -0.2) is 42.4 Å². The van der Waals surface area contributed by atoms with Crippen LogP contribution in [0.3, 0.4) is 0 Å². The first-order valence-corrected chi connectivity index (χ1v) is 6.93. The molecule has 22 heavy (non-hydrogen) atoms. The van der Waals surface area contributed by atoms with Gasteiger partial charge in [0.05, 0.1) is 0 Å². The number of ether oxygens (including phenoxy) is 1. The molecule has 1 N–H and O–H groups in total. The molecule has 2 rings (SSSR count). The van der Waals surface area contributed by atoms with Gasteiger partial charge in [0, 0.05) is 0 Å². The molecule has 1 fully saturated rings. The van der Waals surface area contributed by atoms with Gasteiger partial charge >= 0.3 is 6.36 Å². The van der Waals surface area contributed by atoms with Crippen molar-refractivity contribution in [3.63, 3.8) is 0 Å². The van der Waals surface area contributed by atoms with E-state index in [1.807, 2.05) is 0 Å². The molecule has 2 atom stereocenters. The number of hydrogen-bond donors (Lipinski definition) is 1. The van der Waals surface area contributed by atoms with Crippen molar-refractivity contribution in [3.05, 3.63) is 29.8 Å². The molecule has 0 amide bonds. The Labute approximate surface area is 126 Å². The van der Waals surface area contributed by atoms with Crippen LogP contribution < -0.4 is 4.74 Å². The third-order valence-electron chi connectivity index (χ3n) is 4.04. The molecule has 0 bridgehead atoms. The van der Waals surface area contributed by atoms with Gasteiger partial charge in [-0.15, -0.1) is 13.2 Å². The Hall–Kier alpha value is -1.60. The number of carbonyl (C=O) groups excluding carboxylic acids is 1. The molecule has 1 aliphatic carbocycles. The highest BCUT2D eigenvalue weighted by molar-refractivity contribution is 5.93. The first kappa shape index (κ1) is 16.8. The van der Waals surface area contributed by atoms with Gasteiger partial charge in [-0.2, -0.15) is 0 Å². The molecule has 1 saturated carbocycles. The van der Waals surface area contributed by atoms with E-state index in [4.69, 9.17) is 0 Å². The van der Waals surface area contributed by atoms with Crippen LogP contribution in [0.15, 0.2) is 24.3 Å². The standard InChI is InChI=1S/C15H18F3NO3/c1-19(2)14(8-4-7-12(20)13(14)21)10-5-3-6-11(9-10)22-15(16,17)18/h3,5-6,9,12,20H,4,7-8H2,1-2H3. The molecule has 0 aromatic heterocycles. The van der Waals surface area contributed by atoms with E-state index < -0.39 is 23.8 Å². The minimum Gasteiger partial charge on any atom is -0.406 e. The molecule has 7 heteroatoms. The van der Waals surface area contributed by atoms with Gasteiger partial charge in [-0.1, -0.05) is 12.1 Å². The van der Waals surface area contributed by atoms with Crippen molar-refractivity contribution in [2.24, 2.45) is 0 Å². The average molecular weight is 317 g/mol. The quantitative estimate of drug-likeness (QED) is 0.930. The number of ketones is 1. The summed E-state index contributed by atoms with van der Waals surface area (Å²) in [4.78, 5) is 14.2. The third kappa shape index (κ3) is 3.10. The number of Topliss-reactive ketones (excluding diaryl/α,β-unsaturated/α-hetero) is 1. The van der Waals surface area contributed by atoms with Gasteiger partial charge in [0.15, 0.2) is 5.78 Å². The highest BCUT2D eigenvalue weighted by atomic mass is 19.4. The number of aliphatic hydroxyl groups excluding tert-OH is 1. The summed E-state index contributed by atoms with van der Waals surface area (Å²) in [5, 5.41) is 9.89. The van der Waals surface area contributed by atoms with Crippen LogP contribution in [0.5, 0.6) is 5.75 Å². The van der Waals surface area contributed by atoms with Crippen molar-refractivity contribution < 1.29 is 27.8 Å². The number of halogens is 3. The molecule has 0 spiro atoms. The van der Waals surface area contributed by atoms with Gasteiger partial charge in [-0.05, 0) is 51.1 Å². The molecule has 4 nitrogen and oxygen atoms in total. The maximum atomic E-state index is 12.5. The Morgan fingerprint density at radius 1 is 1.36 bits per heavy atom. The first-order valence-electron chi connectivity index (χ1n) is 6.93. The zero-order valence-corrected chi connectivity index (χ0v) is 12.4. The number of rotatable bonds is 3. The van der Waals surface area contributed by atoms with Crippen LogP contribution >= 0.6 is 0 Å². The van der Waals surface area contributed by atoms with Gasteiger partial charge in [-0.3, -0.25) is 9.69 Å². The van der Waals surface area contributed by atoms with Crippen molar-refractivity contribution in [3.8, 4) is 5.75 Å². The summed E-state index contributed by atoms with van der Waals surface area (Å²) in [5.41, 5.74) is -0.745. The van der Waals surface area contributed by atoms with Gasteiger partial charge in [0.25, 0.3) is 0 Å². The van der Waals surface area contributed by atoms with Crippen molar-refractivity contribution in [2.75, 3.05) is 14.1 Å². The van der Waals surface area contributed by atoms with Crippen LogP contribution in [0.4, 0.5) is 13.2 Å². The fourth-order valence-corrected chi connectivity index (χ4v) is 3.02. The molecule has 1 aromatic rings. The lowest BCUT2D eigenvalue weighted by atomic mass is 9.73. The summed E-state index contributed by atoms with van der Waals surface area (Å²) in [5.74, 6) is -0.771. The molecule has 0 saturated heterocycles. The van der Waals surface area contributed by atoms with E-state index in [1.54, 1.807) is 25.1 Å². The number of nitrogens with zero attached hydrogens (tertiary/aromatic N) is 1. The predicted molar refractivity (Wildman–Crippen MR) is 73.4 cm³/mol. The Kier molecular flexibility index (Phi) is 4.49. The molecule has 0 aliphatic heterocycles. The molecule has 122 valence electrons. The number of likely N-dealkylation sites (N-methyl/N-ethyl adjacent to an activating group) is 1. The van der Waals surface area contributed by atoms with E-state index in [0.29, 0.717) is 24.8 Å². The monoisotopic (exact) mass is 317 g/mol. The SMILES string of the molecule is CN(C)C1(c2cccc(OC(F)(F)F)c2)CCCC(O)C1=O. The molecule has 0 heterocycles. The lowest BCUT2D eigenvalue weighted by molar-refractivity contribution is -0.274. The van der Waals surface area contributed by atoms with Crippen LogP contribution in [0.2, 0.25) is 0 Å². The van der Waals surface area contributed by atoms with Crippen molar-refractivity contribution in [1.29, 1.82) is 0 Å². The minimum atomic E-state index is -4.79. The molecule has 2 unspecified atom stereocenters. The van der Waals surface area contributed by atoms with E-state index in [-0.39, 0.29) is 5.75 Å². The Morgan fingerprint density at radius 3 is 2.64 bits per heavy atom. The molecule has 1 aliphatic rings. The van der Waals surface area contributed by atoms with Gasteiger partial charge < -0.3 is 9.84 Å². The third-order valence-corrected chi connectivity index (χ3v) is 4.04. The van der Waals surface area contributed by atoms with E-state index in [1.165, 1.54) is 18.2 Å². The summed E-state index contributed by atoms with van der Waals surface area (Å²) >= 11 is 0. The highest BCUT2D eigenvalue weighted by Crippen LogP contribution is 2.40. The zero-order chi connectivity index (χ0) is 16.5. The summed E-state index contributed by atoms with van der Waals surface area (Å²) in [6, 6.07) is 5.39. The summed E-state index contributed by atoms with van der Waals surface area (Å²) in [6.07, 6.45) is -4.49. The molecule has 0 radical (unpaired) electrons. The second-order valence-electron chi connectivity index (χ2n) is 5.60. The van der Waals surface area contributed by atoms with Gasteiger partial charge in [0.1, 0.15) is 17.4 Å². The summed E-state index contributed by atoms with van der Waals surface area (Å²) in [6.45, 7) is 0. The van der Waals surface area contributed by atoms with Gasteiger partial charge in [-0.25, -0.2) is 0 Å². The lowest BCUT2D eigenvalue weighted by Gasteiger charge is -2.43. The van der Waals surface area contributed by atoms with Crippen LogP contribution in [0, 0.1) is 0 Å². The van der Waals surface area contributed by atoms with Crippen LogP contribution in [0.1, 0.15) is 24.8 Å². The van der Waals surface area contributed by atoms with Crippen molar-refractivity contribution in [1.82, 2.24) is 4.90 Å². The van der Waals surface area contributed by atoms with Gasteiger partial charge in [0.2, 0.25) is 0 Å². The Balaban J connectivity index is 2.46. The number of alkyl halides is 3. The second-order valence-corrected chi connectivity index (χ2v) is 5.60. The fraction of sp³-hybridized carbons (Fsp3) is 0.533. The fourth-order valence-electron chi connectivity index (χ4n) is 3.02. The Bertz CT molecular complexity index is 559. The summed E-state index contributed by atoms with van der Waals surface area (Å²) in [7, 11) is 3.35. The van der Waals surface area contributed by atoms with E-state index in [0.717, 1.165) is 0 Å². The average Bonchev–Trinajstić information content (AvgIpc) is 2.40. The molecular formula is C15H18F3NO3. The smallest absolute Gasteiger partial charge is 0.406 e. The summed E-state index contributed by atoms with van der Waals surface area (Å²) < 4.78 is 41.0. The predicted octanol–water partition coefficient (Wildman–Crippen LogP) is 2.46. The van der Waals surface area contributed by atoms with E-state index in [2.05, 4.69) is 4.74 Å². The molecular weight excluding hydrogens is 299 g/mol. The largest absolute Gasteiger partial charge is 0.573 e. The number of aliphatic hydroxyl groups is 1. The normalized spacial score (nSPS) is 26.3.